The number of nitrogens with two attached hydrogens (primary N) is 1. The fourth-order valence-corrected chi connectivity index (χ4v) is 4.78. The maximum atomic E-state index is 14.6. The van der Waals surface area contributed by atoms with Crippen LogP contribution in [0.1, 0.15) is 26.7 Å². The lowest BCUT2D eigenvalue weighted by Gasteiger charge is -2.34. The minimum atomic E-state index is -0.888. The van der Waals surface area contributed by atoms with Crippen LogP contribution in [0.5, 0.6) is 5.75 Å². The number of methoxy groups -OCH3 is 1. The second-order valence-corrected chi connectivity index (χ2v) is 10.4. The van der Waals surface area contributed by atoms with Gasteiger partial charge < -0.3 is 25.8 Å². The number of ether oxygens (including phenoxy) is 1. The van der Waals surface area contributed by atoms with E-state index in [0.29, 0.717) is 23.9 Å². The number of anilines is 3. The van der Waals surface area contributed by atoms with Crippen molar-refractivity contribution in [2.24, 2.45) is 5.73 Å². The summed E-state index contributed by atoms with van der Waals surface area (Å²) in [5, 5.41) is 17.9. The summed E-state index contributed by atoms with van der Waals surface area (Å²) in [5.74, 6) is 1.12. The Kier molecular flexibility index (Phi) is 7.45. The molecule has 4 N–H and O–H groups in total. The summed E-state index contributed by atoms with van der Waals surface area (Å²) in [6.07, 6.45) is 9.02. The number of benzene rings is 1. The summed E-state index contributed by atoms with van der Waals surface area (Å²) in [4.78, 5) is 15.7. The molecule has 1 fully saturated rings. The van der Waals surface area contributed by atoms with Crippen LogP contribution in [0.3, 0.4) is 0 Å². The Bertz CT molecular complexity index is 1450. The predicted octanol–water partition coefficient (Wildman–Crippen LogP) is 3.99. The van der Waals surface area contributed by atoms with E-state index < -0.39 is 11.4 Å². The highest BCUT2D eigenvalue weighted by atomic mass is 19.1. The number of aliphatic hydroxyl groups is 1. The minimum Gasteiger partial charge on any atom is -0.496 e. The first-order valence-corrected chi connectivity index (χ1v) is 12.9. The van der Waals surface area contributed by atoms with E-state index in [9.17, 15) is 9.50 Å². The number of pyridine rings is 1. The zero-order valence-corrected chi connectivity index (χ0v) is 22.3. The first-order valence-electron chi connectivity index (χ1n) is 12.9. The molecular formula is C28H33FN8O2. The summed E-state index contributed by atoms with van der Waals surface area (Å²) in [5.41, 5.74) is 8.40. The molecule has 1 aromatic carbocycles. The van der Waals surface area contributed by atoms with Crippen LogP contribution in [0.4, 0.5) is 21.7 Å². The topological polar surface area (TPSA) is 127 Å². The molecule has 39 heavy (non-hydrogen) atoms. The number of piperidine rings is 1. The molecule has 4 aromatic rings. The average molecular weight is 533 g/mol. The largest absolute Gasteiger partial charge is 0.496 e. The van der Waals surface area contributed by atoms with Gasteiger partial charge in [0.25, 0.3) is 0 Å². The molecule has 0 radical (unpaired) electrons. The van der Waals surface area contributed by atoms with Gasteiger partial charge in [0.15, 0.2) is 5.82 Å². The van der Waals surface area contributed by atoms with E-state index >= 15 is 0 Å². The Balaban J connectivity index is 1.48. The summed E-state index contributed by atoms with van der Waals surface area (Å²) >= 11 is 0. The number of hydrogen-bond donors (Lipinski definition) is 3. The normalized spacial score (nSPS) is 15.8. The molecule has 3 aromatic heterocycles. The van der Waals surface area contributed by atoms with Gasteiger partial charge in [-0.15, -0.1) is 0 Å². The molecule has 1 aliphatic rings. The Morgan fingerprint density at radius 1 is 1.21 bits per heavy atom. The van der Waals surface area contributed by atoms with Gasteiger partial charge >= 0.3 is 0 Å². The van der Waals surface area contributed by atoms with Gasteiger partial charge in [-0.2, -0.15) is 5.10 Å². The van der Waals surface area contributed by atoms with Crippen LogP contribution in [0, 0.1) is 5.82 Å². The highest BCUT2D eigenvalue weighted by Crippen LogP contribution is 2.35. The number of halogens is 1. The molecule has 11 heteroatoms. The van der Waals surface area contributed by atoms with E-state index in [4.69, 9.17) is 10.5 Å². The van der Waals surface area contributed by atoms with Crippen molar-refractivity contribution >= 4 is 17.3 Å². The third kappa shape index (κ3) is 6.15. The van der Waals surface area contributed by atoms with Gasteiger partial charge in [0.2, 0.25) is 0 Å². The molecule has 0 aliphatic carbocycles. The summed E-state index contributed by atoms with van der Waals surface area (Å²) in [6.45, 7) is 5.45. The maximum Gasteiger partial charge on any atom is 0.168 e. The summed E-state index contributed by atoms with van der Waals surface area (Å²) in [6, 6.07) is 8.33. The van der Waals surface area contributed by atoms with Crippen LogP contribution in [-0.2, 0) is 6.54 Å². The predicted molar refractivity (Wildman–Crippen MR) is 148 cm³/mol. The van der Waals surface area contributed by atoms with Gasteiger partial charge in [-0.3, -0.25) is 4.68 Å². The van der Waals surface area contributed by atoms with Crippen molar-refractivity contribution in [2.75, 3.05) is 30.4 Å². The van der Waals surface area contributed by atoms with E-state index in [1.165, 1.54) is 13.2 Å². The number of aromatic nitrogens is 5. The molecule has 1 saturated heterocycles. The quantitative estimate of drug-likeness (QED) is 0.309. The van der Waals surface area contributed by atoms with Crippen molar-refractivity contribution in [2.45, 2.75) is 44.9 Å². The van der Waals surface area contributed by atoms with E-state index in [1.807, 2.05) is 12.3 Å². The lowest BCUT2D eigenvalue weighted by molar-refractivity contribution is 0.0577. The van der Waals surface area contributed by atoms with Crippen LogP contribution in [0.25, 0.3) is 22.5 Å². The molecule has 0 spiro atoms. The fourth-order valence-electron chi connectivity index (χ4n) is 4.78. The highest BCUT2D eigenvalue weighted by molar-refractivity contribution is 5.80. The SMILES string of the molecule is COc1cccc(F)c1-c1nccc(Nc2cc(N3CCC[C@H](N)C3)c(-c3cnn(CC(C)(C)O)c3)cn2)n1. The van der Waals surface area contributed by atoms with Gasteiger partial charge in [-0.05, 0) is 44.9 Å². The zero-order chi connectivity index (χ0) is 27.6. The minimum absolute atomic E-state index is 0.0780. The molecule has 0 amide bonds. The van der Waals surface area contributed by atoms with Gasteiger partial charge in [0, 0.05) is 60.6 Å². The monoisotopic (exact) mass is 532 g/mol. The fraction of sp³-hybridized carbons (Fsp3) is 0.357. The molecule has 4 heterocycles. The van der Waals surface area contributed by atoms with Crippen molar-refractivity contribution in [3.63, 3.8) is 0 Å². The van der Waals surface area contributed by atoms with E-state index in [2.05, 4.69) is 30.3 Å². The molecule has 5 rings (SSSR count). The van der Waals surface area contributed by atoms with Crippen molar-refractivity contribution in [3.8, 4) is 28.3 Å². The molecular weight excluding hydrogens is 499 g/mol. The lowest BCUT2D eigenvalue weighted by Crippen LogP contribution is -2.43. The number of hydrogen-bond acceptors (Lipinski definition) is 9. The number of nitrogens with one attached hydrogen (secondary N) is 1. The summed E-state index contributed by atoms with van der Waals surface area (Å²) in [7, 11) is 1.48. The standard InChI is InChI=1S/C28H33FN8O2/c1-28(2,38)17-37-15-18(13-33-37)20-14-32-25(12-22(20)36-11-5-6-19(30)16-36)34-24-9-10-31-27(35-24)26-21(29)7-4-8-23(26)39-3/h4,7-10,12-15,19,38H,5-6,11,16-17,30H2,1-3H3,(H,31,32,34,35)/t19-/m0/s1. The van der Waals surface area contributed by atoms with Gasteiger partial charge in [-0.25, -0.2) is 19.3 Å². The van der Waals surface area contributed by atoms with Crippen molar-refractivity contribution in [1.29, 1.82) is 0 Å². The van der Waals surface area contributed by atoms with E-state index in [1.54, 1.807) is 55.3 Å². The average Bonchev–Trinajstić information content (AvgIpc) is 3.35. The van der Waals surface area contributed by atoms with Crippen LogP contribution in [-0.4, -0.2) is 61.7 Å². The highest BCUT2D eigenvalue weighted by Gasteiger charge is 2.23. The van der Waals surface area contributed by atoms with Crippen LogP contribution in [0.2, 0.25) is 0 Å². The number of rotatable bonds is 8. The molecule has 1 aliphatic heterocycles. The third-order valence-electron chi connectivity index (χ3n) is 6.50. The van der Waals surface area contributed by atoms with E-state index in [-0.39, 0.29) is 17.4 Å². The van der Waals surface area contributed by atoms with Crippen molar-refractivity contribution in [3.05, 3.63) is 60.9 Å². The molecule has 0 bridgehead atoms. The molecule has 10 nitrogen and oxygen atoms in total. The van der Waals surface area contributed by atoms with Crippen LogP contribution >= 0.6 is 0 Å². The molecule has 1 atom stereocenters. The van der Waals surface area contributed by atoms with E-state index in [0.717, 1.165) is 42.7 Å². The van der Waals surface area contributed by atoms with Crippen molar-refractivity contribution < 1.29 is 14.2 Å². The van der Waals surface area contributed by atoms with Crippen LogP contribution in [0.15, 0.2) is 55.1 Å². The maximum absolute atomic E-state index is 14.6. The Hall–Kier alpha value is -4.09. The Morgan fingerprint density at radius 2 is 2.05 bits per heavy atom. The van der Waals surface area contributed by atoms with Crippen LogP contribution < -0.4 is 20.7 Å². The Morgan fingerprint density at radius 3 is 2.82 bits per heavy atom. The molecule has 204 valence electrons. The van der Waals surface area contributed by atoms with Crippen molar-refractivity contribution in [1.82, 2.24) is 24.7 Å². The molecule has 0 unspecified atom stereocenters. The smallest absolute Gasteiger partial charge is 0.168 e. The van der Waals surface area contributed by atoms with Gasteiger partial charge in [-0.1, -0.05) is 6.07 Å². The number of nitrogens with zero attached hydrogens (tertiary/aromatic N) is 6. The first kappa shape index (κ1) is 26.5. The second kappa shape index (κ2) is 11.0. The third-order valence-corrected chi connectivity index (χ3v) is 6.50. The Labute approximate surface area is 226 Å². The molecule has 0 saturated carbocycles. The second-order valence-electron chi connectivity index (χ2n) is 10.4. The van der Waals surface area contributed by atoms with Gasteiger partial charge in [0.1, 0.15) is 23.2 Å². The lowest BCUT2D eigenvalue weighted by atomic mass is 10.0. The van der Waals surface area contributed by atoms with Gasteiger partial charge in [0.05, 0.1) is 31.0 Å². The zero-order valence-electron chi connectivity index (χ0n) is 22.3. The summed E-state index contributed by atoms with van der Waals surface area (Å²) < 4.78 is 21.7. The first-order chi connectivity index (χ1) is 18.7.